The first kappa shape index (κ1) is 21.9. The van der Waals surface area contributed by atoms with Crippen molar-refractivity contribution in [3.8, 4) is 11.1 Å². The molecular weight excluding hydrogens is 408 g/mol. The largest absolute Gasteiger partial charge is 0.481 e. The number of rotatable bonds is 8. The first-order chi connectivity index (χ1) is 15.4. The third-order valence-corrected chi connectivity index (χ3v) is 6.40. The molecule has 0 heterocycles. The van der Waals surface area contributed by atoms with E-state index < -0.39 is 23.6 Å². The molecule has 2 aromatic carbocycles. The van der Waals surface area contributed by atoms with Gasteiger partial charge in [0.25, 0.3) is 0 Å². The molecule has 2 aliphatic rings. The number of benzene rings is 2. The average Bonchev–Trinajstić information content (AvgIpc) is 3.04. The van der Waals surface area contributed by atoms with Crippen LogP contribution in [0.25, 0.3) is 11.1 Å². The second-order valence-corrected chi connectivity index (χ2v) is 8.83. The van der Waals surface area contributed by atoms with Crippen molar-refractivity contribution < 1.29 is 24.2 Å². The lowest BCUT2D eigenvalue weighted by atomic mass is 9.74. The number of carboxylic acid groups (broad SMARTS) is 1. The fourth-order valence-electron chi connectivity index (χ4n) is 4.76. The predicted octanol–water partition coefficient (Wildman–Crippen LogP) is 3.82. The SMILES string of the molecule is C[C@@H](CC(=O)NC1(CC(=O)O)CCC1)NC(=O)OCC1c2ccccc2-c2ccccc21. The van der Waals surface area contributed by atoms with E-state index in [1.165, 1.54) is 0 Å². The minimum atomic E-state index is -0.921. The van der Waals surface area contributed by atoms with Gasteiger partial charge in [0.1, 0.15) is 6.61 Å². The summed E-state index contributed by atoms with van der Waals surface area (Å²) in [5.74, 6) is -1.21. The Morgan fingerprint density at radius 1 is 1.06 bits per heavy atom. The fraction of sp³-hybridized carbons (Fsp3) is 0.400. The summed E-state index contributed by atoms with van der Waals surface area (Å²) >= 11 is 0. The van der Waals surface area contributed by atoms with E-state index in [0.717, 1.165) is 28.7 Å². The van der Waals surface area contributed by atoms with E-state index in [0.29, 0.717) is 12.8 Å². The number of carbonyl (C=O) groups is 3. The minimum Gasteiger partial charge on any atom is -0.481 e. The first-order valence-corrected chi connectivity index (χ1v) is 11.0. The molecule has 7 nitrogen and oxygen atoms in total. The molecule has 1 fully saturated rings. The van der Waals surface area contributed by atoms with Crippen molar-refractivity contribution in [3.63, 3.8) is 0 Å². The Bertz CT molecular complexity index is 985. The van der Waals surface area contributed by atoms with E-state index in [-0.39, 0.29) is 31.3 Å². The van der Waals surface area contributed by atoms with Crippen LogP contribution >= 0.6 is 0 Å². The van der Waals surface area contributed by atoms with Crippen LogP contribution in [0.3, 0.4) is 0 Å². The van der Waals surface area contributed by atoms with Crippen LogP contribution in [0.4, 0.5) is 4.79 Å². The monoisotopic (exact) mass is 436 g/mol. The predicted molar refractivity (Wildman–Crippen MR) is 119 cm³/mol. The molecule has 0 saturated heterocycles. The molecule has 32 heavy (non-hydrogen) atoms. The van der Waals surface area contributed by atoms with Gasteiger partial charge in [0.05, 0.1) is 12.0 Å². The van der Waals surface area contributed by atoms with Gasteiger partial charge in [-0.15, -0.1) is 0 Å². The number of carboxylic acids is 1. The maximum atomic E-state index is 12.4. The second kappa shape index (κ2) is 9.02. The van der Waals surface area contributed by atoms with Crippen LogP contribution in [0.5, 0.6) is 0 Å². The summed E-state index contributed by atoms with van der Waals surface area (Å²) < 4.78 is 5.52. The van der Waals surface area contributed by atoms with Crippen LogP contribution in [0.2, 0.25) is 0 Å². The standard InChI is InChI=1S/C25H28N2O5/c1-16(13-22(28)27-25(11-6-12-25)14-23(29)30)26-24(31)32-15-21-19-9-4-2-7-17(19)18-8-3-5-10-20(18)21/h2-5,7-10,16,21H,6,11-15H2,1H3,(H,26,31)(H,27,28)(H,29,30)/t16-/m0/s1. The van der Waals surface area contributed by atoms with E-state index in [9.17, 15) is 14.4 Å². The fourth-order valence-corrected chi connectivity index (χ4v) is 4.76. The molecular formula is C25H28N2O5. The number of hydrogen-bond acceptors (Lipinski definition) is 4. The van der Waals surface area contributed by atoms with Crippen molar-refractivity contribution in [2.24, 2.45) is 0 Å². The molecule has 4 rings (SSSR count). The number of nitrogens with one attached hydrogen (secondary N) is 2. The molecule has 0 bridgehead atoms. The summed E-state index contributed by atoms with van der Waals surface area (Å²) in [5, 5.41) is 14.6. The lowest BCUT2D eigenvalue weighted by molar-refractivity contribution is -0.140. The topological polar surface area (TPSA) is 105 Å². The molecule has 0 spiro atoms. The Kier molecular flexibility index (Phi) is 6.17. The number of fused-ring (bicyclic) bond motifs is 3. The van der Waals surface area contributed by atoms with Crippen LogP contribution in [-0.4, -0.2) is 41.3 Å². The van der Waals surface area contributed by atoms with Crippen molar-refractivity contribution in [1.82, 2.24) is 10.6 Å². The molecule has 0 unspecified atom stereocenters. The zero-order valence-electron chi connectivity index (χ0n) is 18.1. The number of ether oxygens (including phenoxy) is 1. The zero-order valence-corrected chi connectivity index (χ0v) is 18.1. The third-order valence-electron chi connectivity index (χ3n) is 6.40. The maximum Gasteiger partial charge on any atom is 0.407 e. The number of aliphatic carboxylic acids is 1. The molecule has 0 aromatic heterocycles. The van der Waals surface area contributed by atoms with Crippen molar-refractivity contribution in [3.05, 3.63) is 59.7 Å². The first-order valence-electron chi connectivity index (χ1n) is 11.0. The number of amides is 2. The average molecular weight is 437 g/mol. The molecule has 3 N–H and O–H groups in total. The molecule has 2 aromatic rings. The molecule has 0 aliphatic heterocycles. The van der Waals surface area contributed by atoms with Crippen molar-refractivity contribution in [2.75, 3.05) is 6.61 Å². The summed E-state index contributed by atoms with van der Waals surface area (Å²) in [5.41, 5.74) is 3.95. The summed E-state index contributed by atoms with van der Waals surface area (Å²) in [6.45, 7) is 1.94. The van der Waals surface area contributed by atoms with Crippen LogP contribution in [0, 0.1) is 0 Å². The van der Waals surface area contributed by atoms with Crippen LogP contribution in [0.1, 0.15) is 56.1 Å². The lowest BCUT2D eigenvalue weighted by Crippen LogP contribution is -2.55. The third kappa shape index (κ3) is 4.61. The summed E-state index contributed by atoms with van der Waals surface area (Å²) in [6.07, 6.45) is 1.65. The minimum absolute atomic E-state index is 0.0266. The van der Waals surface area contributed by atoms with E-state index in [1.54, 1.807) is 6.92 Å². The highest BCUT2D eigenvalue weighted by molar-refractivity contribution is 5.80. The van der Waals surface area contributed by atoms with Gasteiger partial charge in [-0.3, -0.25) is 9.59 Å². The van der Waals surface area contributed by atoms with Crippen LogP contribution < -0.4 is 10.6 Å². The van der Waals surface area contributed by atoms with E-state index in [2.05, 4.69) is 34.9 Å². The van der Waals surface area contributed by atoms with Crippen molar-refractivity contribution in [2.45, 2.75) is 56.5 Å². The van der Waals surface area contributed by atoms with Gasteiger partial charge in [-0.05, 0) is 48.4 Å². The van der Waals surface area contributed by atoms with Crippen molar-refractivity contribution >= 4 is 18.0 Å². The van der Waals surface area contributed by atoms with Gasteiger partial charge >= 0.3 is 12.1 Å². The lowest BCUT2D eigenvalue weighted by Gasteiger charge is -2.41. The Morgan fingerprint density at radius 2 is 1.66 bits per heavy atom. The van der Waals surface area contributed by atoms with E-state index in [1.807, 2.05) is 24.3 Å². The normalized spacial score (nSPS) is 16.8. The van der Waals surface area contributed by atoms with Gasteiger partial charge in [-0.25, -0.2) is 4.79 Å². The summed E-state index contributed by atoms with van der Waals surface area (Å²) in [4.78, 5) is 35.8. The van der Waals surface area contributed by atoms with Gasteiger partial charge in [-0.1, -0.05) is 48.5 Å². The Morgan fingerprint density at radius 3 is 2.19 bits per heavy atom. The zero-order chi connectivity index (χ0) is 22.7. The molecule has 7 heteroatoms. The van der Waals surface area contributed by atoms with Gasteiger partial charge in [0.15, 0.2) is 0 Å². The number of alkyl carbamates (subject to hydrolysis) is 1. The van der Waals surface area contributed by atoms with Gasteiger partial charge in [0, 0.05) is 18.4 Å². The number of carbonyl (C=O) groups excluding carboxylic acids is 2. The van der Waals surface area contributed by atoms with Gasteiger partial charge in [-0.2, -0.15) is 0 Å². The highest BCUT2D eigenvalue weighted by atomic mass is 16.5. The van der Waals surface area contributed by atoms with E-state index in [4.69, 9.17) is 9.84 Å². The van der Waals surface area contributed by atoms with E-state index >= 15 is 0 Å². The molecule has 0 radical (unpaired) electrons. The Labute approximate surface area is 187 Å². The Hall–Kier alpha value is -3.35. The van der Waals surface area contributed by atoms with Crippen molar-refractivity contribution in [1.29, 1.82) is 0 Å². The quantitative estimate of drug-likeness (QED) is 0.584. The molecule has 1 saturated carbocycles. The molecule has 168 valence electrons. The van der Waals surface area contributed by atoms with Gasteiger partial charge in [0.2, 0.25) is 5.91 Å². The number of hydrogen-bond donors (Lipinski definition) is 3. The molecule has 2 amide bonds. The van der Waals surface area contributed by atoms with Crippen LogP contribution in [0.15, 0.2) is 48.5 Å². The highest BCUT2D eigenvalue weighted by Gasteiger charge is 2.40. The maximum absolute atomic E-state index is 12.4. The summed E-state index contributed by atoms with van der Waals surface area (Å²) in [7, 11) is 0. The smallest absolute Gasteiger partial charge is 0.407 e. The van der Waals surface area contributed by atoms with Crippen LogP contribution in [-0.2, 0) is 14.3 Å². The molecule has 1 atom stereocenters. The van der Waals surface area contributed by atoms with Gasteiger partial charge < -0.3 is 20.5 Å². The second-order valence-electron chi connectivity index (χ2n) is 8.83. The Balaban J connectivity index is 1.29. The molecule has 2 aliphatic carbocycles. The highest BCUT2D eigenvalue weighted by Crippen LogP contribution is 2.44. The summed E-state index contributed by atoms with van der Waals surface area (Å²) in [6, 6.07) is 15.8.